The summed E-state index contributed by atoms with van der Waals surface area (Å²) in [6, 6.07) is 5.29. The van der Waals surface area contributed by atoms with Crippen molar-refractivity contribution in [3.63, 3.8) is 0 Å². The number of rotatable bonds is 2. The zero-order valence-corrected chi connectivity index (χ0v) is 10.2. The Labute approximate surface area is 95.4 Å². The Morgan fingerprint density at radius 2 is 2.00 bits per heavy atom. The van der Waals surface area contributed by atoms with Crippen LogP contribution in [0.2, 0.25) is 0 Å². The van der Waals surface area contributed by atoms with E-state index in [9.17, 15) is 4.39 Å². The van der Waals surface area contributed by atoms with E-state index in [1.165, 1.54) is 7.11 Å². The van der Waals surface area contributed by atoms with E-state index in [0.29, 0.717) is 11.1 Å². The number of fused-ring (bicyclic) bond motifs is 1. The minimum Gasteiger partial charge on any atom is -0.494 e. The Balaban J connectivity index is 0.000000606. The number of benzene rings is 1. The van der Waals surface area contributed by atoms with Crippen LogP contribution in [-0.2, 0) is 6.42 Å². The maximum atomic E-state index is 13.7. The molecule has 0 bridgehead atoms. The van der Waals surface area contributed by atoms with Crippen LogP contribution < -0.4 is 4.74 Å². The van der Waals surface area contributed by atoms with Gasteiger partial charge in [-0.2, -0.15) is 0 Å². The number of hydrogen-bond acceptors (Lipinski definition) is 1. The van der Waals surface area contributed by atoms with Gasteiger partial charge in [-0.15, -0.1) is 0 Å². The normalized spacial score (nSPS) is 9.81. The molecule has 0 saturated heterocycles. The summed E-state index contributed by atoms with van der Waals surface area (Å²) >= 11 is 0. The molecule has 1 heterocycles. The highest BCUT2D eigenvalue weighted by Gasteiger charge is 2.09. The van der Waals surface area contributed by atoms with Crippen molar-refractivity contribution < 1.29 is 9.13 Å². The highest BCUT2D eigenvalue weighted by atomic mass is 19.1. The molecule has 2 rings (SSSR count). The topological polar surface area (TPSA) is 25.0 Å². The molecule has 16 heavy (non-hydrogen) atoms. The lowest BCUT2D eigenvalue weighted by Gasteiger charge is -2.00. The van der Waals surface area contributed by atoms with Gasteiger partial charge in [0.25, 0.3) is 0 Å². The summed E-state index contributed by atoms with van der Waals surface area (Å²) in [5.41, 5.74) is 1.85. The minimum absolute atomic E-state index is 0.291. The maximum absolute atomic E-state index is 13.7. The summed E-state index contributed by atoms with van der Waals surface area (Å²) in [5.74, 6) is 0.0000954. The molecule has 1 aromatic heterocycles. The van der Waals surface area contributed by atoms with Gasteiger partial charge in [0.2, 0.25) is 0 Å². The maximum Gasteiger partial charge on any atom is 0.174 e. The molecule has 0 unspecified atom stereocenters. The van der Waals surface area contributed by atoms with Gasteiger partial charge < -0.3 is 9.72 Å². The van der Waals surface area contributed by atoms with Gasteiger partial charge in [-0.05, 0) is 24.6 Å². The van der Waals surface area contributed by atoms with E-state index in [0.717, 1.165) is 17.6 Å². The average molecular weight is 223 g/mol. The first kappa shape index (κ1) is 12.6. The van der Waals surface area contributed by atoms with Gasteiger partial charge in [0.1, 0.15) is 0 Å². The molecule has 2 nitrogen and oxygen atoms in total. The van der Waals surface area contributed by atoms with Gasteiger partial charge in [0.05, 0.1) is 7.11 Å². The van der Waals surface area contributed by atoms with Crippen LogP contribution in [0.15, 0.2) is 18.2 Å². The van der Waals surface area contributed by atoms with E-state index < -0.39 is 0 Å². The average Bonchev–Trinajstić information content (AvgIpc) is 2.76. The van der Waals surface area contributed by atoms with Crippen molar-refractivity contribution in [3.8, 4) is 5.75 Å². The summed E-state index contributed by atoms with van der Waals surface area (Å²) in [6.07, 6.45) is 0.871. The molecule has 2 aromatic rings. The Morgan fingerprint density at radius 3 is 2.56 bits per heavy atom. The number of aromatic nitrogens is 1. The summed E-state index contributed by atoms with van der Waals surface area (Å²) in [5, 5.41) is 0.598. The number of hydrogen-bond donors (Lipinski definition) is 1. The summed E-state index contributed by atoms with van der Waals surface area (Å²) in [4.78, 5) is 3.14. The van der Waals surface area contributed by atoms with Crippen LogP contribution in [0, 0.1) is 5.82 Å². The van der Waals surface area contributed by atoms with Crippen molar-refractivity contribution >= 4 is 10.9 Å². The predicted octanol–water partition coefficient (Wildman–Crippen LogP) is 3.90. The van der Waals surface area contributed by atoms with Crippen LogP contribution in [0.4, 0.5) is 4.39 Å². The van der Waals surface area contributed by atoms with E-state index in [2.05, 4.69) is 4.98 Å². The van der Waals surface area contributed by atoms with Gasteiger partial charge >= 0.3 is 0 Å². The largest absolute Gasteiger partial charge is 0.494 e. The monoisotopic (exact) mass is 223 g/mol. The van der Waals surface area contributed by atoms with E-state index >= 15 is 0 Å². The van der Waals surface area contributed by atoms with Crippen molar-refractivity contribution in [1.82, 2.24) is 4.98 Å². The van der Waals surface area contributed by atoms with Gasteiger partial charge in [0.15, 0.2) is 11.6 Å². The molecule has 0 fully saturated rings. The second kappa shape index (κ2) is 5.54. The minimum atomic E-state index is -0.291. The molecule has 1 N–H and O–H groups in total. The van der Waals surface area contributed by atoms with Crippen LogP contribution in [0.5, 0.6) is 5.75 Å². The molecule has 0 aliphatic rings. The summed E-state index contributed by atoms with van der Waals surface area (Å²) in [7, 11) is 1.47. The third-order valence-corrected chi connectivity index (χ3v) is 2.36. The summed E-state index contributed by atoms with van der Waals surface area (Å²) in [6.45, 7) is 6.03. The number of aromatic amines is 1. The fraction of sp³-hybridized carbons (Fsp3) is 0.385. The molecule has 0 aliphatic heterocycles. The Kier molecular flexibility index (Phi) is 4.35. The van der Waals surface area contributed by atoms with E-state index in [1.54, 1.807) is 6.07 Å². The fourth-order valence-corrected chi connectivity index (χ4v) is 1.55. The van der Waals surface area contributed by atoms with Gasteiger partial charge in [-0.3, -0.25) is 0 Å². The van der Waals surface area contributed by atoms with Crippen molar-refractivity contribution in [3.05, 3.63) is 29.7 Å². The van der Waals surface area contributed by atoms with Gasteiger partial charge in [-0.1, -0.05) is 20.8 Å². The number of aryl methyl sites for hydroxylation is 1. The quantitative estimate of drug-likeness (QED) is 0.820. The number of H-pyrrole nitrogens is 1. The third kappa shape index (κ3) is 2.18. The van der Waals surface area contributed by atoms with Crippen molar-refractivity contribution in [2.75, 3.05) is 7.11 Å². The Morgan fingerprint density at radius 1 is 1.31 bits per heavy atom. The second-order valence-corrected chi connectivity index (χ2v) is 3.19. The van der Waals surface area contributed by atoms with Crippen molar-refractivity contribution in [2.24, 2.45) is 0 Å². The Bertz CT molecular complexity index is 462. The highest BCUT2D eigenvalue weighted by molar-refractivity contribution is 5.82. The Hall–Kier alpha value is -1.51. The predicted molar refractivity (Wildman–Crippen MR) is 65.5 cm³/mol. The number of ether oxygens (including phenoxy) is 1. The van der Waals surface area contributed by atoms with E-state index in [-0.39, 0.29) is 5.82 Å². The molecular formula is C13H18FNO. The van der Waals surface area contributed by atoms with Crippen molar-refractivity contribution in [2.45, 2.75) is 27.2 Å². The zero-order chi connectivity index (χ0) is 12.1. The lowest BCUT2D eigenvalue weighted by Crippen LogP contribution is -1.87. The first-order valence-corrected chi connectivity index (χ1v) is 5.60. The van der Waals surface area contributed by atoms with Crippen LogP contribution in [0.1, 0.15) is 26.5 Å². The molecule has 0 amide bonds. The van der Waals surface area contributed by atoms with Crippen molar-refractivity contribution in [1.29, 1.82) is 0 Å². The standard InChI is InChI=1S/C11H12FNO.C2H6/c1-3-7-6-8-9(13-7)4-5-10(14-2)11(8)12;1-2/h4-6,13H,3H2,1-2H3;1-2H3. The molecule has 0 atom stereocenters. The fourth-order valence-electron chi connectivity index (χ4n) is 1.55. The molecule has 0 spiro atoms. The lowest BCUT2D eigenvalue weighted by molar-refractivity contribution is 0.389. The molecule has 1 aromatic carbocycles. The molecule has 3 heteroatoms. The third-order valence-electron chi connectivity index (χ3n) is 2.36. The molecule has 0 aliphatic carbocycles. The van der Waals surface area contributed by atoms with E-state index in [1.807, 2.05) is 32.9 Å². The van der Waals surface area contributed by atoms with E-state index in [4.69, 9.17) is 4.74 Å². The molecule has 88 valence electrons. The molecule has 0 radical (unpaired) electrons. The smallest absolute Gasteiger partial charge is 0.174 e. The lowest BCUT2D eigenvalue weighted by atomic mass is 10.2. The van der Waals surface area contributed by atoms with Crippen LogP contribution in [0.3, 0.4) is 0 Å². The highest BCUT2D eigenvalue weighted by Crippen LogP contribution is 2.26. The number of methoxy groups -OCH3 is 1. The zero-order valence-electron chi connectivity index (χ0n) is 10.2. The second-order valence-electron chi connectivity index (χ2n) is 3.19. The van der Waals surface area contributed by atoms with Crippen LogP contribution in [0.25, 0.3) is 10.9 Å². The van der Waals surface area contributed by atoms with Crippen LogP contribution >= 0.6 is 0 Å². The number of nitrogens with one attached hydrogen (secondary N) is 1. The van der Waals surface area contributed by atoms with Crippen LogP contribution in [-0.4, -0.2) is 12.1 Å². The first-order chi connectivity index (χ1) is 7.76. The van der Waals surface area contributed by atoms with Gasteiger partial charge in [-0.25, -0.2) is 4.39 Å². The van der Waals surface area contributed by atoms with Gasteiger partial charge in [0, 0.05) is 16.6 Å². The molecule has 0 saturated carbocycles. The summed E-state index contributed by atoms with van der Waals surface area (Å²) < 4.78 is 18.6. The molecular weight excluding hydrogens is 205 g/mol. The SMILES string of the molecule is CC.CCc1cc2c(F)c(OC)ccc2[nH]1. The first-order valence-electron chi connectivity index (χ1n) is 5.60. The number of halogens is 1.